The van der Waals surface area contributed by atoms with Gasteiger partial charge in [-0.25, -0.2) is 0 Å². The summed E-state index contributed by atoms with van der Waals surface area (Å²) >= 11 is 0. The summed E-state index contributed by atoms with van der Waals surface area (Å²) in [6.45, 7) is 10.0. The van der Waals surface area contributed by atoms with Crippen molar-refractivity contribution in [1.29, 1.82) is 0 Å². The fraction of sp³-hybridized carbons (Fsp3) is 0.667. The molecular weight excluding hydrogens is 469 g/mol. The SMILES string of the molecule is CCNC(=NCCCCOCCOC)NC1CC(C)(C)Oc2ccccc21.I. The van der Waals surface area contributed by atoms with Crippen LogP contribution in [0.4, 0.5) is 0 Å². The highest BCUT2D eigenvalue weighted by Crippen LogP contribution is 2.39. The summed E-state index contributed by atoms with van der Waals surface area (Å²) in [4.78, 5) is 4.74. The average molecular weight is 505 g/mol. The van der Waals surface area contributed by atoms with Crippen molar-refractivity contribution in [2.75, 3.05) is 40.0 Å². The molecule has 7 heteroatoms. The number of ether oxygens (including phenoxy) is 3. The highest BCUT2D eigenvalue weighted by Gasteiger charge is 2.33. The van der Waals surface area contributed by atoms with E-state index in [1.54, 1.807) is 7.11 Å². The maximum absolute atomic E-state index is 6.12. The number of halogens is 1. The Balaban J connectivity index is 0.00000392. The zero-order chi connectivity index (χ0) is 19.5. The molecule has 1 unspecified atom stereocenters. The van der Waals surface area contributed by atoms with E-state index in [0.717, 1.165) is 50.7 Å². The van der Waals surface area contributed by atoms with Crippen LogP contribution in [0, 0.1) is 0 Å². The van der Waals surface area contributed by atoms with Gasteiger partial charge in [0.15, 0.2) is 5.96 Å². The van der Waals surface area contributed by atoms with Crippen molar-refractivity contribution in [2.45, 2.75) is 51.7 Å². The Morgan fingerprint density at radius 1 is 1.21 bits per heavy atom. The molecule has 0 fully saturated rings. The Morgan fingerprint density at radius 3 is 2.75 bits per heavy atom. The second-order valence-electron chi connectivity index (χ2n) is 7.37. The molecule has 0 saturated carbocycles. The number of unbranched alkanes of at least 4 members (excludes halogenated alkanes) is 1. The van der Waals surface area contributed by atoms with Gasteiger partial charge in [-0.15, -0.1) is 24.0 Å². The molecule has 1 atom stereocenters. The summed E-state index contributed by atoms with van der Waals surface area (Å²) in [5, 5.41) is 6.96. The number of hydrogen-bond donors (Lipinski definition) is 2. The molecule has 1 aromatic carbocycles. The molecule has 1 aliphatic heterocycles. The smallest absolute Gasteiger partial charge is 0.191 e. The summed E-state index contributed by atoms with van der Waals surface area (Å²) in [7, 11) is 1.69. The molecule has 0 amide bonds. The number of nitrogens with zero attached hydrogens (tertiary/aromatic N) is 1. The number of aliphatic imine (C=N–C) groups is 1. The first-order chi connectivity index (χ1) is 13.1. The van der Waals surface area contributed by atoms with E-state index < -0.39 is 0 Å². The molecule has 2 rings (SSSR count). The third-order valence-corrected chi connectivity index (χ3v) is 4.43. The number of nitrogens with one attached hydrogen (secondary N) is 2. The van der Waals surface area contributed by atoms with Crippen molar-refractivity contribution in [2.24, 2.45) is 4.99 Å². The molecular formula is C21H36IN3O3. The maximum atomic E-state index is 6.12. The minimum absolute atomic E-state index is 0. The van der Waals surface area contributed by atoms with Crippen molar-refractivity contribution < 1.29 is 14.2 Å². The van der Waals surface area contributed by atoms with Crippen LogP contribution in [-0.2, 0) is 9.47 Å². The molecule has 0 radical (unpaired) electrons. The van der Waals surface area contributed by atoms with E-state index in [4.69, 9.17) is 19.2 Å². The van der Waals surface area contributed by atoms with Crippen LogP contribution >= 0.6 is 24.0 Å². The molecule has 1 aromatic rings. The van der Waals surface area contributed by atoms with Gasteiger partial charge in [-0.3, -0.25) is 4.99 Å². The fourth-order valence-corrected chi connectivity index (χ4v) is 3.17. The minimum Gasteiger partial charge on any atom is -0.487 e. The predicted molar refractivity (Wildman–Crippen MR) is 125 cm³/mol. The fourth-order valence-electron chi connectivity index (χ4n) is 3.17. The lowest BCUT2D eigenvalue weighted by atomic mass is 9.90. The predicted octanol–water partition coefficient (Wildman–Crippen LogP) is 3.91. The Bertz CT molecular complexity index is 596. The third-order valence-electron chi connectivity index (χ3n) is 4.43. The van der Waals surface area contributed by atoms with Crippen molar-refractivity contribution in [3.63, 3.8) is 0 Å². The van der Waals surface area contributed by atoms with Gasteiger partial charge in [-0.05, 0) is 39.7 Å². The molecule has 1 heterocycles. The number of guanidine groups is 1. The van der Waals surface area contributed by atoms with Crippen molar-refractivity contribution >= 4 is 29.9 Å². The second-order valence-corrected chi connectivity index (χ2v) is 7.37. The highest BCUT2D eigenvalue weighted by molar-refractivity contribution is 14.0. The Kier molecular flexibility index (Phi) is 11.8. The van der Waals surface area contributed by atoms with E-state index in [9.17, 15) is 0 Å². The molecule has 160 valence electrons. The molecule has 6 nitrogen and oxygen atoms in total. The number of fused-ring (bicyclic) bond motifs is 1. The number of methoxy groups -OCH3 is 1. The molecule has 2 N–H and O–H groups in total. The van der Waals surface area contributed by atoms with Gasteiger partial charge >= 0.3 is 0 Å². The standard InChI is InChI=1S/C21H35N3O3.HI/c1-5-22-20(23-12-8-9-13-26-15-14-25-4)24-18-16-21(2,3)27-19-11-7-6-10-17(18)19;/h6-7,10-11,18H,5,8-9,12-16H2,1-4H3,(H2,22,23,24);1H. The Hall–Kier alpha value is -1.06. The van der Waals surface area contributed by atoms with Gasteiger partial charge < -0.3 is 24.8 Å². The monoisotopic (exact) mass is 505 g/mol. The first-order valence-corrected chi connectivity index (χ1v) is 9.95. The van der Waals surface area contributed by atoms with Crippen LogP contribution in [0.1, 0.15) is 51.6 Å². The molecule has 0 aromatic heterocycles. The summed E-state index contributed by atoms with van der Waals surface area (Å²) < 4.78 is 16.6. The normalized spacial score (nSPS) is 17.9. The lowest BCUT2D eigenvalue weighted by molar-refractivity contribution is 0.0688. The lowest BCUT2D eigenvalue weighted by Gasteiger charge is -2.38. The molecule has 0 bridgehead atoms. The van der Waals surface area contributed by atoms with Gasteiger partial charge in [0.1, 0.15) is 11.4 Å². The van der Waals surface area contributed by atoms with E-state index in [1.807, 2.05) is 12.1 Å². The molecule has 0 saturated heterocycles. The highest BCUT2D eigenvalue weighted by atomic mass is 127. The van der Waals surface area contributed by atoms with Crippen LogP contribution in [-0.4, -0.2) is 51.6 Å². The number of para-hydroxylation sites is 1. The van der Waals surface area contributed by atoms with Crippen LogP contribution in [0.2, 0.25) is 0 Å². The van der Waals surface area contributed by atoms with E-state index >= 15 is 0 Å². The van der Waals surface area contributed by atoms with Crippen LogP contribution < -0.4 is 15.4 Å². The summed E-state index contributed by atoms with van der Waals surface area (Å²) in [5.74, 6) is 1.81. The minimum atomic E-state index is -0.205. The molecule has 0 aliphatic carbocycles. The van der Waals surface area contributed by atoms with Crippen LogP contribution in [0.25, 0.3) is 0 Å². The lowest BCUT2D eigenvalue weighted by Crippen LogP contribution is -2.45. The third kappa shape index (κ3) is 8.53. The van der Waals surface area contributed by atoms with Gasteiger partial charge in [0.05, 0.1) is 19.3 Å². The molecule has 28 heavy (non-hydrogen) atoms. The summed E-state index contributed by atoms with van der Waals surface area (Å²) in [6, 6.07) is 8.43. The van der Waals surface area contributed by atoms with Gasteiger partial charge in [-0.2, -0.15) is 0 Å². The van der Waals surface area contributed by atoms with E-state index in [2.05, 4.69) is 43.5 Å². The van der Waals surface area contributed by atoms with Gasteiger partial charge in [0.2, 0.25) is 0 Å². The molecule has 0 spiro atoms. The maximum Gasteiger partial charge on any atom is 0.191 e. The second kappa shape index (κ2) is 13.2. The summed E-state index contributed by atoms with van der Waals surface area (Å²) in [6.07, 6.45) is 2.89. The zero-order valence-corrected chi connectivity index (χ0v) is 20.0. The molecule has 1 aliphatic rings. The largest absolute Gasteiger partial charge is 0.487 e. The topological polar surface area (TPSA) is 64.1 Å². The zero-order valence-electron chi connectivity index (χ0n) is 17.6. The summed E-state index contributed by atoms with van der Waals surface area (Å²) in [5.41, 5.74) is 0.983. The quantitative estimate of drug-likeness (QED) is 0.219. The van der Waals surface area contributed by atoms with Crippen molar-refractivity contribution in [3.05, 3.63) is 29.8 Å². The van der Waals surface area contributed by atoms with Crippen LogP contribution in [0.5, 0.6) is 5.75 Å². The van der Waals surface area contributed by atoms with Crippen molar-refractivity contribution in [3.8, 4) is 5.75 Å². The van der Waals surface area contributed by atoms with Gasteiger partial charge in [0, 0.05) is 38.8 Å². The van der Waals surface area contributed by atoms with E-state index in [-0.39, 0.29) is 35.6 Å². The van der Waals surface area contributed by atoms with E-state index in [1.165, 1.54) is 5.56 Å². The van der Waals surface area contributed by atoms with Crippen LogP contribution in [0.3, 0.4) is 0 Å². The Morgan fingerprint density at radius 2 is 2.00 bits per heavy atom. The average Bonchev–Trinajstić information content (AvgIpc) is 2.63. The first-order valence-electron chi connectivity index (χ1n) is 9.95. The number of hydrogen-bond acceptors (Lipinski definition) is 4. The number of rotatable bonds is 10. The van der Waals surface area contributed by atoms with Gasteiger partial charge in [0.25, 0.3) is 0 Å². The van der Waals surface area contributed by atoms with Crippen LogP contribution in [0.15, 0.2) is 29.3 Å². The Labute approximate surface area is 186 Å². The van der Waals surface area contributed by atoms with E-state index in [0.29, 0.717) is 13.2 Å². The van der Waals surface area contributed by atoms with Crippen molar-refractivity contribution in [1.82, 2.24) is 10.6 Å². The number of benzene rings is 1. The van der Waals surface area contributed by atoms with Gasteiger partial charge in [-0.1, -0.05) is 18.2 Å². The first kappa shape index (κ1) is 25.0.